The fourth-order valence-electron chi connectivity index (χ4n) is 2.03. The molecule has 0 aliphatic rings. The van der Waals surface area contributed by atoms with E-state index in [2.05, 4.69) is 11.9 Å². The highest BCUT2D eigenvalue weighted by Gasteiger charge is 2.16. The number of carbonyl (C=O) groups is 2. The molecule has 0 aliphatic heterocycles. The van der Waals surface area contributed by atoms with E-state index in [0.29, 0.717) is 12.4 Å². The molecule has 26 heavy (non-hydrogen) atoms. The van der Waals surface area contributed by atoms with Crippen LogP contribution in [0.15, 0.2) is 42.5 Å². The van der Waals surface area contributed by atoms with E-state index in [4.69, 9.17) is 14.2 Å². The molecule has 0 radical (unpaired) electrons. The highest BCUT2D eigenvalue weighted by atomic mass is 16.5. The van der Waals surface area contributed by atoms with E-state index < -0.39 is 11.9 Å². The molecule has 0 spiro atoms. The van der Waals surface area contributed by atoms with Gasteiger partial charge in [-0.15, -0.1) is 0 Å². The molecule has 2 aromatic rings. The van der Waals surface area contributed by atoms with E-state index in [1.807, 2.05) is 0 Å². The Balaban J connectivity index is 2.00. The zero-order valence-corrected chi connectivity index (χ0v) is 15.2. The van der Waals surface area contributed by atoms with Gasteiger partial charge in [-0.05, 0) is 56.7 Å². The van der Waals surface area contributed by atoms with Crippen LogP contribution in [0.3, 0.4) is 0 Å². The molecule has 0 bridgehead atoms. The molecule has 2 rings (SSSR count). The van der Waals surface area contributed by atoms with Crippen molar-refractivity contribution >= 4 is 11.9 Å². The summed E-state index contributed by atoms with van der Waals surface area (Å²) in [4.78, 5) is 28.1. The minimum atomic E-state index is -0.649. The summed E-state index contributed by atoms with van der Waals surface area (Å²) in [6.07, 6.45) is 1.78. The van der Waals surface area contributed by atoms with Gasteiger partial charge in [0.2, 0.25) is 0 Å². The molecule has 0 saturated carbocycles. The van der Waals surface area contributed by atoms with Crippen molar-refractivity contribution in [2.75, 3.05) is 6.61 Å². The van der Waals surface area contributed by atoms with Gasteiger partial charge in [0.1, 0.15) is 22.9 Å². The fraction of sp³-hybridized carbons (Fsp3) is 0.350. The maximum Gasteiger partial charge on any atom is 0.362 e. The average Bonchev–Trinajstić information content (AvgIpc) is 2.63. The maximum absolute atomic E-state index is 12.2. The van der Waals surface area contributed by atoms with Crippen LogP contribution >= 0.6 is 0 Å². The molecule has 0 fully saturated rings. The fourth-order valence-corrected chi connectivity index (χ4v) is 2.03. The van der Waals surface area contributed by atoms with Crippen molar-refractivity contribution in [3.63, 3.8) is 0 Å². The lowest BCUT2D eigenvalue weighted by Crippen LogP contribution is -2.16. The van der Waals surface area contributed by atoms with Gasteiger partial charge in [-0.1, -0.05) is 19.4 Å². The predicted molar refractivity (Wildman–Crippen MR) is 96.6 cm³/mol. The molecule has 0 atom stereocenters. The van der Waals surface area contributed by atoms with E-state index >= 15 is 0 Å². The van der Waals surface area contributed by atoms with Gasteiger partial charge in [0.25, 0.3) is 0 Å². The summed E-state index contributed by atoms with van der Waals surface area (Å²) in [5.41, 5.74) is 0.0966. The van der Waals surface area contributed by atoms with Crippen molar-refractivity contribution in [3.05, 3.63) is 53.9 Å². The largest absolute Gasteiger partial charge is 0.494 e. The van der Waals surface area contributed by atoms with Gasteiger partial charge in [-0.2, -0.15) is 0 Å². The Hall–Kier alpha value is -2.89. The van der Waals surface area contributed by atoms with Crippen LogP contribution in [0.25, 0.3) is 0 Å². The molecule has 0 unspecified atom stereocenters. The number of hydrogen-bond acceptors (Lipinski definition) is 6. The molecule has 0 aliphatic carbocycles. The SMILES string of the molecule is CCCCOc1ccc(OC(=O)c2cccc(C(=O)OC(C)C)n2)cc1. The summed E-state index contributed by atoms with van der Waals surface area (Å²) in [5.74, 6) is -0.142. The number of benzene rings is 1. The molecule has 1 heterocycles. The van der Waals surface area contributed by atoms with Gasteiger partial charge >= 0.3 is 11.9 Å². The lowest BCUT2D eigenvalue weighted by Gasteiger charge is -2.09. The number of rotatable bonds is 8. The second-order valence-corrected chi connectivity index (χ2v) is 5.93. The molecule has 0 saturated heterocycles. The number of hydrogen-bond donors (Lipinski definition) is 0. The average molecular weight is 357 g/mol. The van der Waals surface area contributed by atoms with Gasteiger partial charge in [0.15, 0.2) is 0 Å². The summed E-state index contributed by atoms with van der Waals surface area (Å²) < 4.78 is 15.9. The minimum absolute atomic E-state index is 0.0338. The summed E-state index contributed by atoms with van der Waals surface area (Å²) >= 11 is 0. The number of nitrogens with zero attached hydrogens (tertiary/aromatic N) is 1. The molecule has 0 N–H and O–H groups in total. The lowest BCUT2D eigenvalue weighted by molar-refractivity contribution is 0.0370. The van der Waals surface area contributed by atoms with Crippen molar-refractivity contribution in [3.8, 4) is 11.5 Å². The highest BCUT2D eigenvalue weighted by molar-refractivity contribution is 5.92. The zero-order valence-electron chi connectivity index (χ0n) is 15.2. The Morgan fingerprint density at radius 2 is 1.58 bits per heavy atom. The molecular formula is C20H23NO5. The van der Waals surface area contributed by atoms with Gasteiger partial charge in [-0.25, -0.2) is 14.6 Å². The molecule has 1 aromatic heterocycles. The smallest absolute Gasteiger partial charge is 0.362 e. The monoisotopic (exact) mass is 357 g/mol. The predicted octanol–water partition coefficient (Wildman–Crippen LogP) is 4.04. The Kier molecular flexibility index (Phi) is 7.14. The van der Waals surface area contributed by atoms with Crippen LogP contribution < -0.4 is 9.47 Å². The lowest BCUT2D eigenvalue weighted by atomic mass is 10.3. The zero-order chi connectivity index (χ0) is 18.9. The normalized spacial score (nSPS) is 10.5. The van der Waals surface area contributed by atoms with E-state index in [1.54, 1.807) is 44.2 Å². The first-order valence-corrected chi connectivity index (χ1v) is 8.62. The summed E-state index contributed by atoms with van der Waals surface area (Å²) in [7, 11) is 0. The Morgan fingerprint density at radius 1 is 0.962 bits per heavy atom. The van der Waals surface area contributed by atoms with Crippen LogP contribution in [0.5, 0.6) is 11.5 Å². The first-order chi connectivity index (χ1) is 12.5. The third-order valence-electron chi connectivity index (χ3n) is 3.31. The quantitative estimate of drug-likeness (QED) is 0.403. The molecule has 138 valence electrons. The minimum Gasteiger partial charge on any atom is -0.494 e. The second kappa shape index (κ2) is 9.56. The van der Waals surface area contributed by atoms with Gasteiger partial charge < -0.3 is 14.2 Å². The number of pyridine rings is 1. The number of unbranched alkanes of at least 4 members (excludes halogenated alkanes) is 1. The van der Waals surface area contributed by atoms with Crippen molar-refractivity contribution < 1.29 is 23.8 Å². The third kappa shape index (κ3) is 5.88. The van der Waals surface area contributed by atoms with Crippen LogP contribution in [0, 0.1) is 0 Å². The van der Waals surface area contributed by atoms with Crippen molar-refractivity contribution in [2.45, 2.75) is 39.7 Å². The van der Waals surface area contributed by atoms with Crippen LogP contribution in [0.1, 0.15) is 54.6 Å². The first kappa shape index (κ1) is 19.4. The Morgan fingerprint density at radius 3 is 2.19 bits per heavy atom. The number of aromatic nitrogens is 1. The molecule has 6 heteroatoms. The first-order valence-electron chi connectivity index (χ1n) is 8.62. The van der Waals surface area contributed by atoms with Gasteiger partial charge in [0, 0.05) is 0 Å². The standard InChI is InChI=1S/C20H23NO5/c1-4-5-13-24-15-9-11-16(12-10-15)26-20(23)18-8-6-7-17(21-18)19(22)25-14(2)3/h6-12,14H,4-5,13H2,1-3H3. The van der Waals surface area contributed by atoms with E-state index in [-0.39, 0.29) is 17.5 Å². The summed E-state index contributed by atoms with van der Waals surface area (Å²) in [5, 5.41) is 0. The Bertz CT molecular complexity index is 740. The molecule has 1 aromatic carbocycles. The van der Waals surface area contributed by atoms with Gasteiger partial charge in [-0.3, -0.25) is 0 Å². The van der Waals surface area contributed by atoms with Crippen molar-refractivity contribution in [1.29, 1.82) is 0 Å². The van der Waals surface area contributed by atoms with Crippen LogP contribution in [0.2, 0.25) is 0 Å². The maximum atomic E-state index is 12.2. The molecule has 6 nitrogen and oxygen atoms in total. The van der Waals surface area contributed by atoms with E-state index in [1.165, 1.54) is 12.1 Å². The third-order valence-corrected chi connectivity index (χ3v) is 3.31. The number of esters is 2. The summed E-state index contributed by atoms with van der Waals surface area (Å²) in [6.45, 7) is 6.23. The van der Waals surface area contributed by atoms with E-state index in [9.17, 15) is 9.59 Å². The molecular weight excluding hydrogens is 334 g/mol. The van der Waals surface area contributed by atoms with Gasteiger partial charge in [0.05, 0.1) is 12.7 Å². The molecule has 0 amide bonds. The highest BCUT2D eigenvalue weighted by Crippen LogP contribution is 2.19. The number of ether oxygens (including phenoxy) is 3. The van der Waals surface area contributed by atoms with Crippen LogP contribution in [0.4, 0.5) is 0 Å². The Labute approximate surface area is 153 Å². The van der Waals surface area contributed by atoms with Crippen LogP contribution in [-0.4, -0.2) is 29.6 Å². The second-order valence-electron chi connectivity index (χ2n) is 5.93. The van der Waals surface area contributed by atoms with Crippen molar-refractivity contribution in [2.24, 2.45) is 0 Å². The topological polar surface area (TPSA) is 74.7 Å². The van der Waals surface area contributed by atoms with E-state index in [0.717, 1.165) is 18.6 Å². The van der Waals surface area contributed by atoms with Crippen LogP contribution in [-0.2, 0) is 4.74 Å². The number of carbonyl (C=O) groups excluding carboxylic acids is 2. The van der Waals surface area contributed by atoms with Crippen molar-refractivity contribution in [1.82, 2.24) is 4.98 Å². The summed E-state index contributed by atoms with van der Waals surface area (Å²) in [6, 6.07) is 11.3.